The van der Waals surface area contributed by atoms with Crippen molar-refractivity contribution < 1.29 is 19.1 Å². The van der Waals surface area contributed by atoms with Crippen molar-refractivity contribution >= 4 is 27.9 Å². The fraction of sp³-hybridized carbons (Fsp3) is 0.200. The molecule has 1 aliphatic heterocycles. The van der Waals surface area contributed by atoms with E-state index >= 15 is 0 Å². The fourth-order valence-corrected chi connectivity index (χ4v) is 3.21. The van der Waals surface area contributed by atoms with Crippen molar-refractivity contribution in [1.29, 1.82) is 0 Å². The predicted molar refractivity (Wildman–Crippen MR) is 104 cm³/mol. The van der Waals surface area contributed by atoms with Gasteiger partial charge in [0.2, 0.25) is 0 Å². The number of urea groups is 1. The number of hydrogen-bond donors (Lipinski definition) is 2. The van der Waals surface area contributed by atoms with Gasteiger partial charge in [0, 0.05) is 10.2 Å². The number of carbonyl (C=O) groups excluding carboxylic acids is 2. The molecule has 0 aliphatic carbocycles. The Kier molecular flexibility index (Phi) is 6.13. The van der Waals surface area contributed by atoms with E-state index in [0.717, 1.165) is 10.0 Å². The van der Waals surface area contributed by atoms with E-state index in [9.17, 15) is 9.59 Å². The van der Waals surface area contributed by atoms with Crippen molar-refractivity contribution in [2.75, 3.05) is 13.2 Å². The van der Waals surface area contributed by atoms with Gasteiger partial charge in [0.15, 0.2) is 0 Å². The van der Waals surface area contributed by atoms with Gasteiger partial charge in [0.05, 0.1) is 11.6 Å². The molecule has 2 aromatic rings. The Labute approximate surface area is 165 Å². The average molecular weight is 431 g/mol. The maximum Gasteiger partial charge on any atom is 0.338 e. The van der Waals surface area contributed by atoms with E-state index < -0.39 is 12.0 Å². The highest BCUT2D eigenvalue weighted by Crippen LogP contribution is 2.29. The fourth-order valence-electron chi connectivity index (χ4n) is 2.79. The molecular formula is C20H19BrN2O4. The summed E-state index contributed by atoms with van der Waals surface area (Å²) in [6.45, 7) is 2.02. The molecule has 0 aromatic heterocycles. The van der Waals surface area contributed by atoms with E-state index in [2.05, 4.69) is 26.6 Å². The average Bonchev–Trinajstić information content (AvgIpc) is 2.65. The monoisotopic (exact) mass is 430 g/mol. The van der Waals surface area contributed by atoms with E-state index in [0.29, 0.717) is 17.0 Å². The molecule has 2 N–H and O–H groups in total. The number of benzene rings is 2. The number of allylic oxidation sites excluding steroid dienone is 1. The molecule has 0 bridgehead atoms. The van der Waals surface area contributed by atoms with Crippen LogP contribution in [0.25, 0.3) is 0 Å². The van der Waals surface area contributed by atoms with E-state index in [1.54, 1.807) is 6.92 Å². The molecule has 1 atom stereocenters. The number of rotatable bonds is 6. The Bertz CT molecular complexity index is 867. The number of ether oxygens (including phenoxy) is 2. The molecule has 140 valence electrons. The summed E-state index contributed by atoms with van der Waals surface area (Å²) < 4.78 is 11.8. The lowest BCUT2D eigenvalue weighted by atomic mass is 9.96. The van der Waals surface area contributed by atoms with E-state index in [1.807, 2.05) is 54.6 Å². The summed E-state index contributed by atoms with van der Waals surface area (Å²) in [5.74, 6) is 0.212. The SMILES string of the molecule is CC1=C(C(=O)OCCOc2ccccc2)C(c2cccc(Br)c2)NC(=O)N1. The molecule has 2 amide bonds. The topological polar surface area (TPSA) is 76.7 Å². The van der Waals surface area contributed by atoms with E-state index in [-0.39, 0.29) is 19.2 Å². The maximum absolute atomic E-state index is 12.7. The van der Waals surface area contributed by atoms with Crippen molar-refractivity contribution in [3.05, 3.63) is 75.9 Å². The van der Waals surface area contributed by atoms with Gasteiger partial charge in [-0.15, -0.1) is 0 Å². The van der Waals surface area contributed by atoms with Crippen molar-refractivity contribution in [3.8, 4) is 5.75 Å². The van der Waals surface area contributed by atoms with Gasteiger partial charge in [-0.1, -0.05) is 46.3 Å². The van der Waals surface area contributed by atoms with Crippen LogP contribution in [-0.4, -0.2) is 25.2 Å². The van der Waals surface area contributed by atoms with Gasteiger partial charge in [0.1, 0.15) is 19.0 Å². The Morgan fingerprint density at radius 3 is 2.63 bits per heavy atom. The summed E-state index contributed by atoms with van der Waals surface area (Å²) in [6, 6.07) is 15.8. The van der Waals surface area contributed by atoms with Crippen molar-refractivity contribution in [1.82, 2.24) is 10.6 Å². The van der Waals surface area contributed by atoms with Crippen LogP contribution in [0, 0.1) is 0 Å². The summed E-state index contributed by atoms with van der Waals surface area (Å²) in [7, 11) is 0. The number of halogens is 1. The number of nitrogens with one attached hydrogen (secondary N) is 2. The lowest BCUT2D eigenvalue weighted by molar-refractivity contribution is -0.140. The minimum absolute atomic E-state index is 0.101. The van der Waals surface area contributed by atoms with Crippen LogP contribution in [0.4, 0.5) is 4.79 Å². The molecule has 2 aromatic carbocycles. The normalized spacial score (nSPS) is 16.4. The maximum atomic E-state index is 12.7. The van der Waals surface area contributed by atoms with Crippen LogP contribution in [0.2, 0.25) is 0 Å². The van der Waals surface area contributed by atoms with Crippen LogP contribution in [0.15, 0.2) is 70.3 Å². The molecule has 7 heteroatoms. The van der Waals surface area contributed by atoms with Gasteiger partial charge in [-0.3, -0.25) is 0 Å². The quantitative estimate of drug-likeness (QED) is 0.540. The van der Waals surface area contributed by atoms with Crippen LogP contribution < -0.4 is 15.4 Å². The van der Waals surface area contributed by atoms with Gasteiger partial charge in [-0.05, 0) is 36.8 Å². The number of esters is 1. The molecule has 0 saturated carbocycles. The highest BCUT2D eigenvalue weighted by atomic mass is 79.9. The standard InChI is InChI=1S/C20H19BrN2O4/c1-13-17(19(24)27-11-10-26-16-8-3-2-4-9-16)18(23-20(25)22-13)14-6-5-7-15(21)12-14/h2-9,12,18H,10-11H2,1H3,(H2,22,23,25). The molecule has 1 unspecified atom stereocenters. The number of carbonyl (C=O) groups is 2. The largest absolute Gasteiger partial charge is 0.490 e. The second kappa shape index (κ2) is 8.73. The summed E-state index contributed by atoms with van der Waals surface area (Å²) in [4.78, 5) is 24.5. The molecule has 3 rings (SSSR count). The third-order valence-corrected chi connectivity index (χ3v) is 4.49. The van der Waals surface area contributed by atoms with Crippen molar-refractivity contribution in [3.63, 3.8) is 0 Å². The van der Waals surface area contributed by atoms with Crippen LogP contribution in [0.3, 0.4) is 0 Å². The first kappa shape index (κ1) is 19.0. The molecule has 1 heterocycles. The van der Waals surface area contributed by atoms with Gasteiger partial charge < -0.3 is 20.1 Å². The molecular weight excluding hydrogens is 412 g/mol. The van der Waals surface area contributed by atoms with Gasteiger partial charge >= 0.3 is 12.0 Å². The zero-order valence-electron chi connectivity index (χ0n) is 14.7. The Morgan fingerprint density at radius 2 is 1.89 bits per heavy atom. The van der Waals surface area contributed by atoms with Crippen LogP contribution in [0.1, 0.15) is 18.5 Å². The van der Waals surface area contributed by atoms with Gasteiger partial charge in [-0.25, -0.2) is 9.59 Å². The molecule has 1 aliphatic rings. The van der Waals surface area contributed by atoms with Crippen LogP contribution in [-0.2, 0) is 9.53 Å². The third-order valence-electron chi connectivity index (χ3n) is 4.00. The van der Waals surface area contributed by atoms with Crippen LogP contribution in [0.5, 0.6) is 5.75 Å². The first-order chi connectivity index (χ1) is 13.0. The second-order valence-electron chi connectivity index (χ2n) is 5.92. The zero-order chi connectivity index (χ0) is 19.2. The smallest absolute Gasteiger partial charge is 0.338 e. The minimum atomic E-state index is -0.584. The van der Waals surface area contributed by atoms with Crippen molar-refractivity contribution in [2.45, 2.75) is 13.0 Å². The Hall–Kier alpha value is -2.80. The molecule has 0 radical (unpaired) electrons. The molecule has 6 nitrogen and oxygen atoms in total. The Morgan fingerprint density at radius 1 is 1.11 bits per heavy atom. The van der Waals surface area contributed by atoms with Crippen molar-refractivity contribution in [2.24, 2.45) is 0 Å². The number of hydrogen-bond acceptors (Lipinski definition) is 4. The summed E-state index contributed by atoms with van der Waals surface area (Å²) in [5, 5.41) is 5.40. The zero-order valence-corrected chi connectivity index (χ0v) is 16.3. The van der Waals surface area contributed by atoms with E-state index in [1.165, 1.54) is 0 Å². The molecule has 0 spiro atoms. The Balaban J connectivity index is 1.68. The number of para-hydroxylation sites is 1. The molecule has 27 heavy (non-hydrogen) atoms. The predicted octanol–water partition coefficient (Wildman–Crippen LogP) is 3.70. The first-order valence-corrected chi connectivity index (χ1v) is 9.22. The third kappa shape index (κ3) is 4.89. The second-order valence-corrected chi connectivity index (χ2v) is 6.84. The minimum Gasteiger partial charge on any atom is -0.490 e. The van der Waals surface area contributed by atoms with Gasteiger partial charge in [0.25, 0.3) is 0 Å². The van der Waals surface area contributed by atoms with Crippen LogP contribution >= 0.6 is 15.9 Å². The summed E-state index contributed by atoms with van der Waals surface area (Å²) >= 11 is 3.41. The molecule has 0 saturated heterocycles. The summed E-state index contributed by atoms with van der Waals surface area (Å²) in [6.07, 6.45) is 0. The van der Waals surface area contributed by atoms with E-state index in [4.69, 9.17) is 9.47 Å². The summed E-state index contributed by atoms with van der Waals surface area (Å²) in [5.41, 5.74) is 1.62. The van der Waals surface area contributed by atoms with Gasteiger partial charge in [-0.2, -0.15) is 0 Å². The lowest BCUT2D eigenvalue weighted by Crippen LogP contribution is -2.45. The number of amides is 2. The highest BCUT2D eigenvalue weighted by molar-refractivity contribution is 9.10. The highest BCUT2D eigenvalue weighted by Gasteiger charge is 2.32. The first-order valence-electron chi connectivity index (χ1n) is 8.43. The molecule has 0 fully saturated rings. The lowest BCUT2D eigenvalue weighted by Gasteiger charge is -2.28.